The van der Waals surface area contributed by atoms with Crippen molar-refractivity contribution in [1.29, 1.82) is 0 Å². The quantitative estimate of drug-likeness (QED) is 0.384. The number of aliphatic carboxylic acids is 1. The Kier molecular flexibility index (Phi) is 6.69. The van der Waals surface area contributed by atoms with Gasteiger partial charge in [-0.1, -0.05) is 0 Å². The highest BCUT2D eigenvalue weighted by atomic mass is 16.4. The first-order valence-corrected chi connectivity index (χ1v) is 4.45. The fourth-order valence-electron chi connectivity index (χ4n) is 0.990. The van der Waals surface area contributed by atoms with Gasteiger partial charge in [0.25, 0.3) is 0 Å². The van der Waals surface area contributed by atoms with Crippen molar-refractivity contribution in [2.45, 2.75) is 25.3 Å². The van der Waals surface area contributed by atoms with Crippen molar-refractivity contribution < 1.29 is 19.8 Å². The van der Waals surface area contributed by atoms with Gasteiger partial charge >= 0.3 is 5.97 Å². The minimum absolute atomic E-state index is 0.332. The van der Waals surface area contributed by atoms with Gasteiger partial charge in [-0.15, -0.1) is 0 Å². The molecule has 0 aromatic carbocycles. The van der Waals surface area contributed by atoms with Crippen molar-refractivity contribution in [1.82, 2.24) is 5.32 Å². The standard InChI is InChI=1S/C8H16N2O4/c9-4-2-1-3-6(8(13)14)10-7(12)5-11/h6,11H,1-5,9H2,(H,10,12)(H,13,14)/t6-/m1/s1. The van der Waals surface area contributed by atoms with Crippen molar-refractivity contribution in [2.75, 3.05) is 13.2 Å². The van der Waals surface area contributed by atoms with Gasteiger partial charge in [-0.2, -0.15) is 0 Å². The molecule has 0 aromatic heterocycles. The second kappa shape index (κ2) is 7.28. The molecule has 0 radical (unpaired) electrons. The van der Waals surface area contributed by atoms with Crippen LogP contribution in [0.3, 0.4) is 0 Å². The van der Waals surface area contributed by atoms with E-state index in [9.17, 15) is 9.59 Å². The molecule has 82 valence electrons. The smallest absolute Gasteiger partial charge is 0.326 e. The highest BCUT2D eigenvalue weighted by molar-refractivity contribution is 5.83. The summed E-state index contributed by atoms with van der Waals surface area (Å²) >= 11 is 0. The number of carbonyl (C=O) groups excluding carboxylic acids is 1. The number of hydrogen-bond donors (Lipinski definition) is 4. The zero-order valence-corrected chi connectivity index (χ0v) is 7.90. The maximum atomic E-state index is 10.7. The number of amides is 1. The zero-order chi connectivity index (χ0) is 11.0. The van der Waals surface area contributed by atoms with Gasteiger partial charge in [-0.3, -0.25) is 4.79 Å². The lowest BCUT2D eigenvalue weighted by Crippen LogP contribution is -2.42. The summed E-state index contributed by atoms with van der Waals surface area (Å²) in [6.07, 6.45) is 1.69. The van der Waals surface area contributed by atoms with E-state index in [0.29, 0.717) is 19.4 Å². The molecule has 5 N–H and O–H groups in total. The highest BCUT2D eigenvalue weighted by Gasteiger charge is 2.18. The van der Waals surface area contributed by atoms with Gasteiger partial charge in [-0.25, -0.2) is 4.79 Å². The SMILES string of the molecule is NCCCC[C@@H](NC(=O)CO)C(=O)O. The largest absolute Gasteiger partial charge is 0.480 e. The van der Waals surface area contributed by atoms with Gasteiger partial charge in [0.05, 0.1) is 0 Å². The van der Waals surface area contributed by atoms with E-state index in [1.807, 2.05) is 0 Å². The Bertz CT molecular complexity index is 196. The number of nitrogens with one attached hydrogen (secondary N) is 1. The first-order chi connectivity index (χ1) is 6.61. The van der Waals surface area contributed by atoms with Crippen LogP contribution >= 0.6 is 0 Å². The average Bonchev–Trinajstić information content (AvgIpc) is 2.16. The van der Waals surface area contributed by atoms with Crippen molar-refractivity contribution in [3.8, 4) is 0 Å². The molecule has 0 unspecified atom stereocenters. The minimum atomic E-state index is -1.09. The summed E-state index contributed by atoms with van der Waals surface area (Å²) in [6, 6.07) is -0.929. The third-order valence-electron chi connectivity index (χ3n) is 1.72. The summed E-state index contributed by atoms with van der Waals surface area (Å²) < 4.78 is 0. The molecule has 1 atom stereocenters. The van der Waals surface area contributed by atoms with Crippen LogP contribution in [0.5, 0.6) is 0 Å². The van der Waals surface area contributed by atoms with Crippen LogP contribution < -0.4 is 11.1 Å². The van der Waals surface area contributed by atoms with Crippen molar-refractivity contribution >= 4 is 11.9 Å². The van der Waals surface area contributed by atoms with Crippen molar-refractivity contribution in [3.63, 3.8) is 0 Å². The van der Waals surface area contributed by atoms with E-state index < -0.39 is 24.5 Å². The van der Waals surface area contributed by atoms with Crippen LogP contribution in [-0.4, -0.2) is 41.3 Å². The van der Waals surface area contributed by atoms with Crippen LogP contribution in [0.1, 0.15) is 19.3 Å². The van der Waals surface area contributed by atoms with Crippen LogP contribution in [0.2, 0.25) is 0 Å². The normalized spacial score (nSPS) is 12.1. The molecule has 0 fully saturated rings. The fourth-order valence-corrected chi connectivity index (χ4v) is 0.990. The molecule has 6 heteroatoms. The first-order valence-electron chi connectivity index (χ1n) is 4.45. The molecule has 14 heavy (non-hydrogen) atoms. The van der Waals surface area contributed by atoms with Crippen LogP contribution in [0.15, 0.2) is 0 Å². The Morgan fingerprint density at radius 2 is 2.00 bits per heavy atom. The van der Waals surface area contributed by atoms with Crippen LogP contribution in [-0.2, 0) is 9.59 Å². The van der Waals surface area contributed by atoms with E-state index in [0.717, 1.165) is 6.42 Å². The Morgan fingerprint density at radius 3 is 2.43 bits per heavy atom. The molecule has 0 spiro atoms. The predicted octanol–water partition coefficient (Wildman–Crippen LogP) is -1.32. The van der Waals surface area contributed by atoms with Gasteiger partial charge in [0.2, 0.25) is 5.91 Å². The molecule has 0 heterocycles. The number of aliphatic hydroxyl groups is 1. The van der Waals surface area contributed by atoms with Crippen LogP contribution in [0.4, 0.5) is 0 Å². The number of hydrogen-bond acceptors (Lipinski definition) is 4. The van der Waals surface area contributed by atoms with E-state index in [4.69, 9.17) is 15.9 Å². The molecule has 0 saturated carbocycles. The van der Waals surface area contributed by atoms with Crippen LogP contribution in [0.25, 0.3) is 0 Å². The number of nitrogens with two attached hydrogens (primary N) is 1. The molecular formula is C8H16N2O4. The maximum Gasteiger partial charge on any atom is 0.326 e. The third kappa shape index (κ3) is 5.50. The Balaban J connectivity index is 3.90. The zero-order valence-electron chi connectivity index (χ0n) is 7.90. The molecule has 6 nitrogen and oxygen atoms in total. The lowest BCUT2D eigenvalue weighted by atomic mass is 10.1. The average molecular weight is 204 g/mol. The Labute approximate surface area is 82.1 Å². The molecule has 0 aliphatic carbocycles. The Morgan fingerprint density at radius 1 is 1.36 bits per heavy atom. The molecule has 0 aliphatic rings. The molecule has 0 saturated heterocycles. The van der Waals surface area contributed by atoms with Gasteiger partial charge in [0, 0.05) is 0 Å². The molecule has 1 amide bonds. The second-order valence-electron chi connectivity index (χ2n) is 2.90. The summed E-state index contributed by atoms with van der Waals surface area (Å²) in [4.78, 5) is 21.3. The topological polar surface area (TPSA) is 113 Å². The van der Waals surface area contributed by atoms with Gasteiger partial charge < -0.3 is 21.3 Å². The van der Waals surface area contributed by atoms with Crippen LogP contribution in [0, 0.1) is 0 Å². The van der Waals surface area contributed by atoms with E-state index in [2.05, 4.69) is 5.32 Å². The summed E-state index contributed by atoms with van der Waals surface area (Å²) in [5, 5.41) is 19.3. The molecular weight excluding hydrogens is 188 g/mol. The lowest BCUT2D eigenvalue weighted by molar-refractivity contribution is -0.142. The summed E-state index contributed by atoms with van der Waals surface area (Å²) in [5.74, 6) is -1.77. The number of carboxylic acids is 1. The molecule has 0 aromatic rings. The first kappa shape index (κ1) is 12.9. The molecule has 0 bridgehead atoms. The number of rotatable bonds is 7. The van der Waals surface area contributed by atoms with Crippen molar-refractivity contribution in [2.24, 2.45) is 5.73 Å². The molecule has 0 aliphatic heterocycles. The second-order valence-corrected chi connectivity index (χ2v) is 2.90. The van der Waals surface area contributed by atoms with Gasteiger partial charge in [-0.05, 0) is 25.8 Å². The van der Waals surface area contributed by atoms with Gasteiger partial charge in [0.1, 0.15) is 12.6 Å². The minimum Gasteiger partial charge on any atom is -0.480 e. The number of carbonyl (C=O) groups is 2. The van der Waals surface area contributed by atoms with Crippen molar-refractivity contribution in [3.05, 3.63) is 0 Å². The third-order valence-corrected chi connectivity index (χ3v) is 1.72. The number of carboxylic acid groups (broad SMARTS) is 1. The van der Waals surface area contributed by atoms with E-state index in [1.54, 1.807) is 0 Å². The van der Waals surface area contributed by atoms with E-state index in [1.165, 1.54) is 0 Å². The van der Waals surface area contributed by atoms with E-state index in [-0.39, 0.29) is 0 Å². The number of aliphatic hydroxyl groups excluding tert-OH is 1. The monoisotopic (exact) mass is 204 g/mol. The lowest BCUT2D eigenvalue weighted by Gasteiger charge is -2.12. The highest BCUT2D eigenvalue weighted by Crippen LogP contribution is 2.00. The Hall–Kier alpha value is -1.14. The predicted molar refractivity (Wildman–Crippen MR) is 49.6 cm³/mol. The summed E-state index contributed by atoms with van der Waals surface area (Å²) in [7, 11) is 0. The number of unbranched alkanes of at least 4 members (excludes halogenated alkanes) is 1. The van der Waals surface area contributed by atoms with E-state index >= 15 is 0 Å². The summed E-state index contributed by atoms with van der Waals surface area (Å²) in [6.45, 7) is -0.193. The maximum absolute atomic E-state index is 10.7. The van der Waals surface area contributed by atoms with Gasteiger partial charge in [0.15, 0.2) is 0 Å². The fraction of sp³-hybridized carbons (Fsp3) is 0.750. The molecule has 0 rings (SSSR count). The summed E-state index contributed by atoms with van der Waals surface area (Å²) in [5.41, 5.74) is 5.24.